The molecule has 1 saturated carbocycles. The molecule has 0 bridgehead atoms. The Morgan fingerprint density at radius 2 is 1.82 bits per heavy atom. The number of carbonyl (C=O) groups excluding carboxylic acids is 1. The maximum atomic E-state index is 11.2. The summed E-state index contributed by atoms with van der Waals surface area (Å²) in [6.45, 7) is 1.96. The Hall–Kier alpha value is -0.570. The molecule has 4 heteroatoms. The van der Waals surface area contributed by atoms with Gasteiger partial charge < -0.3 is 5.11 Å². The second kappa shape index (κ2) is 7.00. The molecular formula is C13H21ClO3. The zero-order valence-corrected chi connectivity index (χ0v) is 11.1. The first-order valence-electron chi connectivity index (χ1n) is 6.43. The van der Waals surface area contributed by atoms with E-state index in [2.05, 4.69) is 0 Å². The highest BCUT2D eigenvalue weighted by Crippen LogP contribution is 2.38. The smallest absolute Gasteiger partial charge is 0.303 e. The summed E-state index contributed by atoms with van der Waals surface area (Å²) < 4.78 is 0. The van der Waals surface area contributed by atoms with Crippen molar-refractivity contribution in [2.45, 2.75) is 57.2 Å². The third-order valence-electron chi connectivity index (χ3n) is 3.67. The van der Waals surface area contributed by atoms with Gasteiger partial charge in [0, 0.05) is 12.3 Å². The average Bonchev–Trinajstić information content (AvgIpc) is 2.31. The number of Topliss-reactive ketones (excluding diaryl/α,β-unsaturated/α-hetero) is 1. The monoisotopic (exact) mass is 260 g/mol. The Bertz CT molecular complexity index is 266. The standard InChI is InChI=1S/C13H21ClO3/c1-9-10(12(14)13(9)17)7-5-3-2-4-6-8-11(15)16/h9-10,12H,2-8H2,1H3,(H,15,16)/t9-,10-,12?/m0/s1. The predicted octanol–water partition coefficient (Wildman–Crippen LogP) is 3.24. The summed E-state index contributed by atoms with van der Waals surface area (Å²) >= 11 is 5.94. The quantitative estimate of drug-likeness (QED) is 0.538. The van der Waals surface area contributed by atoms with E-state index in [1.807, 2.05) is 6.92 Å². The highest BCUT2D eigenvalue weighted by Gasteiger charge is 2.44. The third-order valence-corrected chi connectivity index (χ3v) is 4.21. The van der Waals surface area contributed by atoms with Crippen molar-refractivity contribution in [3.05, 3.63) is 0 Å². The maximum Gasteiger partial charge on any atom is 0.303 e. The lowest BCUT2D eigenvalue weighted by Gasteiger charge is -2.37. The Morgan fingerprint density at radius 1 is 1.24 bits per heavy atom. The molecule has 1 fully saturated rings. The topological polar surface area (TPSA) is 54.4 Å². The first kappa shape index (κ1) is 14.5. The van der Waals surface area contributed by atoms with Gasteiger partial charge in [0.15, 0.2) is 5.78 Å². The van der Waals surface area contributed by atoms with Gasteiger partial charge in [0.05, 0.1) is 5.38 Å². The van der Waals surface area contributed by atoms with Crippen molar-refractivity contribution in [2.75, 3.05) is 0 Å². The van der Waals surface area contributed by atoms with E-state index in [0.29, 0.717) is 5.92 Å². The molecule has 0 aromatic rings. The molecule has 1 unspecified atom stereocenters. The number of unbranched alkanes of at least 4 members (excludes halogenated alkanes) is 4. The molecule has 98 valence electrons. The molecule has 17 heavy (non-hydrogen) atoms. The number of carboxylic acids is 1. The molecule has 0 spiro atoms. The number of hydrogen-bond donors (Lipinski definition) is 1. The van der Waals surface area contributed by atoms with E-state index in [0.717, 1.165) is 38.5 Å². The summed E-state index contributed by atoms with van der Waals surface area (Å²) in [5.41, 5.74) is 0. The Morgan fingerprint density at radius 3 is 2.41 bits per heavy atom. The van der Waals surface area contributed by atoms with Crippen LogP contribution in [0.3, 0.4) is 0 Å². The molecule has 0 aromatic carbocycles. The molecule has 0 amide bonds. The van der Waals surface area contributed by atoms with Crippen LogP contribution in [0.2, 0.25) is 0 Å². The Kier molecular flexibility index (Phi) is 5.96. The van der Waals surface area contributed by atoms with E-state index in [1.54, 1.807) is 0 Å². The van der Waals surface area contributed by atoms with Crippen LogP contribution in [-0.2, 0) is 9.59 Å². The molecule has 3 nitrogen and oxygen atoms in total. The van der Waals surface area contributed by atoms with E-state index < -0.39 is 5.97 Å². The van der Waals surface area contributed by atoms with Crippen molar-refractivity contribution in [1.82, 2.24) is 0 Å². The number of halogens is 1. The molecule has 1 aliphatic carbocycles. The Labute approximate surface area is 108 Å². The molecule has 0 radical (unpaired) electrons. The molecule has 0 aliphatic heterocycles. The van der Waals surface area contributed by atoms with E-state index in [1.165, 1.54) is 0 Å². The normalized spacial score (nSPS) is 27.9. The lowest BCUT2D eigenvalue weighted by atomic mass is 9.70. The lowest BCUT2D eigenvalue weighted by molar-refractivity contribution is -0.137. The second-order valence-electron chi connectivity index (χ2n) is 4.96. The zero-order chi connectivity index (χ0) is 12.8. The fraction of sp³-hybridized carbons (Fsp3) is 0.846. The van der Waals surface area contributed by atoms with Crippen LogP contribution in [-0.4, -0.2) is 22.2 Å². The number of alkyl halides is 1. The van der Waals surface area contributed by atoms with Gasteiger partial charge in [0.1, 0.15) is 0 Å². The fourth-order valence-electron chi connectivity index (χ4n) is 2.39. The molecule has 1 N–H and O–H groups in total. The van der Waals surface area contributed by atoms with Crippen molar-refractivity contribution in [3.8, 4) is 0 Å². The summed E-state index contributed by atoms with van der Waals surface area (Å²) in [4.78, 5) is 21.5. The van der Waals surface area contributed by atoms with Gasteiger partial charge in [-0.25, -0.2) is 0 Å². The summed E-state index contributed by atoms with van der Waals surface area (Å²) in [5.74, 6) is -0.0115. The molecule has 0 heterocycles. The summed E-state index contributed by atoms with van der Waals surface area (Å²) in [6, 6.07) is 0. The van der Waals surface area contributed by atoms with Gasteiger partial charge in [-0.3, -0.25) is 9.59 Å². The molecule has 0 aromatic heterocycles. The summed E-state index contributed by atoms with van der Waals surface area (Å²) in [6.07, 6.45) is 6.34. The van der Waals surface area contributed by atoms with Gasteiger partial charge in [-0.2, -0.15) is 0 Å². The minimum absolute atomic E-state index is 0.143. The molecule has 1 aliphatic rings. The second-order valence-corrected chi connectivity index (χ2v) is 5.43. The number of carboxylic acid groups (broad SMARTS) is 1. The lowest BCUT2D eigenvalue weighted by Crippen LogP contribution is -2.47. The fourth-order valence-corrected chi connectivity index (χ4v) is 2.93. The minimum Gasteiger partial charge on any atom is -0.481 e. The highest BCUT2D eigenvalue weighted by atomic mass is 35.5. The van der Waals surface area contributed by atoms with Crippen molar-refractivity contribution < 1.29 is 14.7 Å². The molecule has 3 atom stereocenters. The highest BCUT2D eigenvalue weighted by molar-refractivity contribution is 6.34. The van der Waals surface area contributed by atoms with E-state index >= 15 is 0 Å². The van der Waals surface area contributed by atoms with Gasteiger partial charge >= 0.3 is 5.97 Å². The van der Waals surface area contributed by atoms with Gasteiger partial charge in [0.2, 0.25) is 0 Å². The van der Waals surface area contributed by atoms with E-state index in [4.69, 9.17) is 16.7 Å². The average molecular weight is 261 g/mol. The van der Waals surface area contributed by atoms with Crippen LogP contribution in [0.1, 0.15) is 51.9 Å². The van der Waals surface area contributed by atoms with Crippen LogP contribution in [0, 0.1) is 11.8 Å². The third kappa shape index (κ3) is 4.30. The van der Waals surface area contributed by atoms with Crippen molar-refractivity contribution in [2.24, 2.45) is 11.8 Å². The van der Waals surface area contributed by atoms with Crippen LogP contribution in [0.25, 0.3) is 0 Å². The number of rotatable bonds is 8. The SMILES string of the molecule is C[C@@H]1C(=O)C(Cl)[C@H]1CCCCCCCC(=O)O. The van der Waals surface area contributed by atoms with Gasteiger partial charge in [0.25, 0.3) is 0 Å². The molecule has 1 rings (SSSR count). The largest absolute Gasteiger partial charge is 0.481 e. The van der Waals surface area contributed by atoms with Gasteiger partial charge in [-0.1, -0.05) is 32.6 Å². The molecular weight excluding hydrogens is 240 g/mol. The van der Waals surface area contributed by atoms with Crippen molar-refractivity contribution in [1.29, 1.82) is 0 Å². The van der Waals surface area contributed by atoms with Crippen LogP contribution in [0.15, 0.2) is 0 Å². The van der Waals surface area contributed by atoms with Gasteiger partial charge in [-0.05, 0) is 18.8 Å². The predicted molar refractivity (Wildman–Crippen MR) is 67.3 cm³/mol. The maximum absolute atomic E-state index is 11.2. The van der Waals surface area contributed by atoms with Crippen molar-refractivity contribution in [3.63, 3.8) is 0 Å². The number of carbonyl (C=O) groups is 2. The van der Waals surface area contributed by atoms with E-state index in [-0.39, 0.29) is 23.5 Å². The zero-order valence-electron chi connectivity index (χ0n) is 10.3. The first-order chi connectivity index (χ1) is 8.04. The number of ketones is 1. The van der Waals surface area contributed by atoms with Crippen LogP contribution in [0.5, 0.6) is 0 Å². The van der Waals surface area contributed by atoms with Crippen LogP contribution in [0.4, 0.5) is 0 Å². The molecule has 0 saturated heterocycles. The van der Waals surface area contributed by atoms with Crippen molar-refractivity contribution >= 4 is 23.4 Å². The first-order valence-corrected chi connectivity index (χ1v) is 6.87. The number of aliphatic carboxylic acids is 1. The Balaban J connectivity index is 1.95. The van der Waals surface area contributed by atoms with Gasteiger partial charge in [-0.15, -0.1) is 11.6 Å². The van der Waals surface area contributed by atoms with Crippen LogP contribution >= 0.6 is 11.6 Å². The summed E-state index contributed by atoms with van der Waals surface area (Å²) in [7, 11) is 0. The number of hydrogen-bond acceptors (Lipinski definition) is 2. The van der Waals surface area contributed by atoms with E-state index in [9.17, 15) is 9.59 Å². The minimum atomic E-state index is -0.711. The van der Waals surface area contributed by atoms with Crippen LogP contribution < -0.4 is 0 Å². The summed E-state index contributed by atoms with van der Waals surface area (Å²) in [5, 5.41) is 8.21.